The third-order valence-electron chi connectivity index (χ3n) is 5.62. The molecule has 3 aliphatic rings. The van der Waals surface area contributed by atoms with Crippen LogP contribution in [0.3, 0.4) is 0 Å². The summed E-state index contributed by atoms with van der Waals surface area (Å²) in [5, 5.41) is 2.82. The van der Waals surface area contributed by atoms with Gasteiger partial charge in [0.15, 0.2) is 0 Å². The number of fused-ring (bicyclic) bond motifs is 1. The van der Waals surface area contributed by atoms with E-state index >= 15 is 0 Å². The second kappa shape index (κ2) is 7.81. The maximum absolute atomic E-state index is 13.3. The first-order valence-electron chi connectivity index (χ1n) is 9.78. The number of carbonyl (C=O) groups excluding carboxylic acids is 2. The summed E-state index contributed by atoms with van der Waals surface area (Å²) >= 11 is 0. The van der Waals surface area contributed by atoms with E-state index in [-0.39, 0.29) is 16.7 Å². The summed E-state index contributed by atoms with van der Waals surface area (Å²) < 4.78 is 33.3. The predicted octanol–water partition coefficient (Wildman–Crippen LogP) is 0.973. The third kappa shape index (κ3) is 3.66. The van der Waals surface area contributed by atoms with Crippen LogP contribution >= 0.6 is 0 Å². The summed E-state index contributed by atoms with van der Waals surface area (Å²) in [5.74, 6) is -0.184. The van der Waals surface area contributed by atoms with E-state index in [9.17, 15) is 18.0 Å². The van der Waals surface area contributed by atoms with Crippen LogP contribution in [0.1, 0.15) is 31.2 Å². The number of anilines is 1. The lowest BCUT2D eigenvalue weighted by atomic mass is 10.1. The molecule has 0 saturated carbocycles. The molecule has 1 atom stereocenters. The van der Waals surface area contributed by atoms with Crippen molar-refractivity contribution in [1.29, 1.82) is 0 Å². The van der Waals surface area contributed by atoms with Gasteiger partial charge >= 0.3 is 0 Å². The van der Waals surface area contributed by atoms with Gasteiger partial charge in [-0.3, -0.25) is 9.59 Å². The number of nitrogens with one attached hydrogen (secondary N) is 1. The van der Waals surface area contributed by atoms with Crippen molar-refractivity contribution < 1.29 is 22.7 Å². The average molecular weight is 407 g/mol. The molecular weight excluding hydrogens is 382 g/mol. The molecule has 9 heteroatoms. The van der Waals surface area contributed by atoms with Gasteiger partial charge in [0.1, 0.15) is 6.04 Å². The quantitative estimate of drug-likeness (QED) is 0.806. The minimum Gasteiger partial charge on any atom is -0.378 e. The normalized spacial score (nSPS) is 23.8. The highest BCUT2D eigenvalue weighted by molar-refractivity contribution is 7.89. The standard InChI is InChI=1S/C19H25N3O5S/c23-18-5-1-3-14-13-15(6-7-16(14)20-18)28(25,26)22-8-2-4-17(22)19(24)21-9-11-27-12-10-21/h6-7,13,17H,1-5,8-12H2,(H,20,23). The van der Waals surface area contributed by atoms with E-state index in [1.54, 1.807) is 17.0 Å². The van der Waals surface area contributed by atoms with Crippen LogP contribution in [0.5, 0.6) is 0 Å². The van der Waals surface area contributed by atoms with Crippen molar-refractivity contribution in [2.24, 2.45) is 0 Å². The number of nitrogens with zero attached hydrogens (tertiary/aromatic N) is 2. The number of rotatable bonds is 3. The second-order valence-electron chi connectivity index (χ2n) is 7.43. The summed E-state index contributed by atoms with van der Waals surface area (Å²) in [6.45, 7) is 2.32. The maximum atomic E-state index is 13.3. The first-order chi connectivity index (χ1) is 13.5. The van der Waals surface area contributed by atoms with Gasteiger partial charge in [-0.2, -0.15) is 4.31 Å². The van der Waals surface area contributed by atoms with Gasteiger partial charge in [0, 0.05) is 31.7 Å². The SMILES string of the molecule is O=C1CCCc2cc(S(=O)(=O)N3CCCC3C(=O)N3CCOCC3)ccc2N1. The van der Waals surface area contributed by atoms with Gasteiger partial charge in [0.25, 0.3) is 0 Å². The first kappa shape index (κ1) is 19.4. The number of amides is 2. The number of hydrogen-bond donors (Lipinski definition) is 1. The highest BCUT2D eigenvalue weighted by Gasteiger charge is 2.41. The number of morpholine rings is 1. The van der Waals surface area contributed by atoms with E-state index in [4.69, 9.17) is 4.74 Å². The second-order valence-corrected chi connectivity index (χ2v) is 9.32. The van der Waals surface area contributed by atoms with Crippen molar-refractivity contribution in [2.45, 2.75) is 43.0 Å². The zero-order valence-corrected chi connectivity index (χ0v) is 16.5. The van der Waals surface area contributed by atoms with Crippen LogP contribution in [0.15, 0.2) is 23.1 Å². The molecule has 1 unspecified atom stereocenters. The fourth-order valence-corrected chi connectivity index (χ4v) is 5.82. The molecule has 3 heterocycles. The molecule has 0 spiro atoms. The van der Waals surface area contributed by atoms with Gasteiger partial charge in [0.05, 0.1) is 18.1 Å². The van der Waals surface area contributed by atoms with Gasteiger partial charge in [0.2, 0.25) is 21.8 Å². The number of hydrogen-bond acceptors (Lipinski definition) is 5. The van der Waals surface area contributed by atoms with E-state index in [0.29, 0.717) is 70.6 Å². The van der Waals surface area contributed by atoms with Gasteiger partial charge in [-0.25, -0.2) is 8.42 Å². The van der Waals surface area contributed by atoms with Gasteiger partial charge in [-0.15, -0.1) is 0 Å². The molecule has 4 rings (SSSR count). The largest absolute Gasteiger partial charge is 0.378 e. The van der Waals surface area contributed by atoms with Crippen molar-refractivity contribution >= 4 is 27.5 Å². The summed E-state index contributed by atoms with van der Waals surface area (Å²) in [6.07, 6.45) is 2.97. The Kier molecular flexibility index (Phi) is 5.39. The zero-order valence-electron chi connectivity index (χ0n) is 15.7. The fraction of sp³-hybridized carbons (Fsp3) is 0.579. The van der Waals surface area contributed by atoms with Gasteiger partial charge < -0.3 is 15.0 Å². The molecule has 3 aliphatic heterocycles. The first-order valence-corrected chi connectivity index (χ1v) is 11.2. The van der Waals surface area contributed by atoms with Gasteiger partial charge in [-0.1, -0.05) is 0 Å². The molecule has 8 nitrogen and oxygen atoms in total. The molecule has 1 N–H and O–H groups in total. The Balaban J connectivity index is 1.59. The Hall–Kier alpha value is -1.97. The molecule has 0 radical (unpaired) electrons. The van der Waals surface area contributed by atoms with Crippen LogP contribution in [0.2, 0.25) is 0 Å². The highest BCUT2D eigenvalue weighted by atomic mass is 32.2. The van der Waals surface area contributed by atoms with Crippen molar-refractivity contribution in [1.82, 2.24) is 9.21 Å². The molecule has 1 aromatic rings. The minimum atomic E-state index is -3.79. The molecule has 28 heavy (non-hydrogen) atoms. The Morgan fingerprint density at radius 3 is 2.68 bits per heavy atom. The van der Waals surface area contributed by atoms with Crippen LogP contribution in [0.4, 0.5) is 5.69 Å². The molecule has 2 fully saturated rings. The van der Waals surface area contributed by atoms with Crippen molar-refractivity contribution in [2.75, 3.05) is 38.2 Å². The third-order valence-corrected chi connectivity index (χ3v) is 7.52. The summed E-state index contributed by atoms with van der Waals surface area (Å²) in [4.78, 5) is 26.5. The van der Waals surface area contributed by atoms with E-state index in [1.165, 1.54) is 10.4 Å². The number of benzene rings is 1. The van der Waals surface area contributed by atoms with E-state index in [2.05, 4.69) is 5.32 Å². The van der Waals surface area contributed by atoms with Crippen LogP contribution in [0.25, 0.3) is 0 Å². The monoisotopic (exact) mass is 407 g/mol. The zero-order chi connectivity index (χ0) is 19.7. The maximum Gasteiger partial charge on any atom is 0.243 e. The Labute approximate surface area is 164 Å². The molecule has 0 bridgehead atoms. The van der Waals surface area contributed by atoms with Crippen LogP contribution in [-0.2, 0) is 30.8 Å². The highest BCUT2D eigenvalue weighted by Crippen LogP contribution is 2.31. The molecule has 1 aromatic carbocycles. The van der Waals surface area contributed by atoms with Crippen LogP contribution < -0.4 is 5.32 Å². The average Bonchev–Trinajstić information content (AvgIpc) is 3.12. The van der Waals surface area contributed by atoms with E-state index < -0.39 is 16.1 Å². The number of aryl methyl sites for hydroxylation is 1. The van der Waals surface area contributed by atoms with E-state index in [1.807, 2.05) is 0 Å². The summed E-state index contributed by atoms with van der Waals surface area (Å²) in [5.41, 5.74) is 1.49. The molecule has 2 amide bonds. The summed E-state index contributed by atoms with van der Waals surface area (Å²) in [7, 11) is -3.79. The minimum absolute atomic E-state index is 0.0509. The Morgan fingerprint density at radius 1 is 1.11 bits per heavy atom. The lowest BCUT2D eigenvalue weighted by Gasteiger charge is -2.32. The number of ether oxygens (including phenoxy) is 1. The lowest BCUT2D eigenvalue weighted by molar-refractivity contribution is -0.138. The Morgan fingerprint density at radius 2 is 1.89 bits per heavy atom. The van der Waals surface area contributed by atoms with Crippen molar-refractivity contribution in [3.05, 3.63) is 23.8 Å². The van der Waals surface area contributed by atoms with Gasteiger partial charge in [-0.05, 0) is 49.4 Å². The predicted molar refractivity (Wildman–Crippen MR) is 102 cm³/mol. The molecular formula is C19H25N3O5S. The number of sulfonamides is 1. The Bertz CT molecular complexity index is 880. The van der Waals surface area contributed by atoms with E-state index in [0.717, 1.165) is 5.56 Å². The lowest BCUT2D eigenvalue weighted by Crippen LogP contribution is -2.50. The van der Waals surface area contributed by atoms with Crippen molar-refractivity contribution in [3.63, 3.8) is 0 Å². The molecule has 0 aromatic heterocycles. The summed E-state index contributed by atoms with van der Waals surface area (Å²) in [6, 6.07) is 4.17. The number of carbonyl (C=O) groups is 2. The molecule has 2 saturated heterocycles. The molecule has 0 aliphatic carbocycles. The van der Waals surface area contributed by atoms with Crippen molar-refractivity contribution in [3.8, 4) is 0 Å². The van der Waals surface area contributed by atoms with Crippen LogP contribution in [-0.4, -0.2) is 68.3 Å². The molecule has 152 valence electrons. The fourth-order valence-electron chi connectivity index (χ4n) is 4.12. The van der Waals surface area contributed by atoms with Crippen LogP contribution in [0, 0.1) is 0 Å². The topological polar surface area (TPSA) is 96.0 Å². The smallest absolute Gasteiger partial charge is 0.243 e.